The van der Waals surface area contributed by atoms with Crippen LogP contribution in [0.1, 0.15) is 61.0 Å². The summed E-state index contributed by atoms with van der Waals surface area (Å²) in [5.74, 6) is 0.113. The van der Waals surface area contributed by atoms with E-state index in [9.17, 15) is 18.5 Å². The molecule has 9 heteroatoms. The average molecular weight is 363 g/mol. The molecule has 0 aromatic heterocycles. The first-order valence-electron chi connectivity index (χ1n) is 6.85. The van der Waals surface area contributed by atoms with E-state index in [-0.39, 0.29) is 17.6 Å². The van der Waals surface area contributed by atoms with E-state index in [0.717, 1.165) is 0 Å². The molecule has 0 saturated heterocycles. The monoisotopic (exact) mass is 363 g/mol. The first-order valence-corrected chi connectivity index (χ1v) is 9.34. The van der Waals surface area contributed by atoms with Gasteiger partial charge in [-0.25, -0.2) is 0 Å². The topological polar surface area (TPSA) is 102 Å². The van der Waals surface area contributed by atoms with Crippen molar-refractivity contribution in [1.29, 1.82) is 0 Å². The van der Waals surface area contributed by atoms with Gasteiger partial charge in [0.1, 0.15) is 12.0 Å². The van der Waals surface area contributed by atoms with Crippen LogP contribution >= 0.6 is 12.0 Å². The van der Waals surface area contributed by atoms with Gasteiger partial charge in [0, 0.05) is 5.56 Å². The fourth-order valence-corrected chi connectivity index (χ4v) is 3.28. The summed E-state index contributed by atoms with van der Waals surface area (Å²) in [6.45, 7) is 7.49. The lowest BCUT2D eigenvalue weighted by atomic mass is 9.92. The van der Waals surface area contributed by atoms with Crippen LogP contribution in [0.5, 0.6) is 5.75 Å². The molecule has 0 heterocycles. The maximum atomic E-state index is 12.0. The zero-order chi connectivity index (χ0) is 17.6. The molecule has 0 aliphatic heterocycles. The van der Waals surface area contributed by atoms with Crippen LogP contribution in [0.3, 0.4) is 0 Å². The van der Waals surface area contributed by atoms with E-state index >= 15 is 0 Å². The zero-order valence-electron chi connectivity index (χ0n) is 13.3. The van der Waals surface area contributed by atoms with E-state index < -0.39 is 15.2 Å². The lowest BCUT2D eigenvalue weighted by Crippen LogP contribution is -2.16. The zero-order valence-corrected chi connectivity index (χ0v) is 14.9. The molecular weight excluding hydrogens is 344 g/mol. The standard InChI is InChI=1S/C14H20O7S2/c1-9(2)12-5-11(7-15)6-13(10(3)4)14(12)19-23(17,18)8-22-21-20-16/h5-7,9-10,16H,8H2,1-4H3/p-1. The van der Waals surface area contributed by atoms with Gasteiger partial charge in [0.05, 0.1) is 12.0 Å². The molecular formula is C14H19O7S2-. The third-order valence-corrected chi connectivity index (χ3v) is 5.14. The first-order chi connectivity index (χ1) is 10.7. The number of carbonyl (C=O) groups excluding carboxylic acids is 1. The lowest BCUT2D eigenvalue weighted by molar-refractivity contribution is -0.777. The van der Waals surface area contributed by atoms with Crippen LogP contribution < -0.4 is 9.44 Å². The van der Waals surface area contributed by atoms with Crippen molar-refractivity contribution < 1.29 is 32.0 Å². The third kappa shape index (κ3) is 5.78. The highest BCUT2D eigenvalue weighted by Crippen LogP contribution is 2.36. The molecule has 0 atom stereocenters. The number of hydrogen-bond donors (Lipinski definition) is 0. The predicted octanol–water partition coefficient (Wildman–Crippen LogP) is 2.28. The second-order valence-electron chi connectivity index (χ2n) is 5.47. The van der Waals surface area contributed by atoms with Crippen LogP contribution in [0.2, 0.25) is 0 Å². The van der Waals surface area contributed by atoms with Gasteiger partial charge in [-0.05, 0) is 35.1 Å². The van der Waals surface area contributed by atoms with Gasteiger partial charge in [0.25, 0.3) is 0 Å². The Morgan fingerprint density at radius 3 is 2.09 bits per heavy atom. The van der Waals surface area contributed by atoms with Crippen LogP contribution in [0.15, 0.2) is 12.1 Å². The van der Waals surface area contributed by atoms with E-state index in [2.05, 4.69) is 9.37 Å². The van der Waals surface area contributed by atoms with Crippen molar-refractivity contribution in [3.05, 3.63) is 28.8 Å². The maximum absolute atomic E-state index is 12.0. The fraction of sp³-hybridized carbons (Fsp3) is 0.500. The Morgan fingerprint density at radius 1 is 1.17 bits per heavy atom. The molecule has 0 unspecified atom stereocenters. The van der Waals surface area contributed by atoms with Gasteiger partial charge < -0.3 is 9.44 Å². The third-order valence-electron chi connectivity index (χ3n) is 3.03. The SMILES string of the molecule is CC(C)c1cc(C=O)cc(C(C)C)c1OS(=O)(=O)CSOO[O-]. The van der Waals surface area contributed by atoms with Crippen LogP contribution in [-0.2, 0) is 19.5 Å². The van der Waals surface area contributed by atoms with Gasteiger partial charge in [-0.1, -0.05) is 27.7 Å². The molecule has 1 aromatic rings. The summed E-state index contributed by atoms with van der Waals surface area (Å²) in [7, 11) is -4.01. The summed E-state index contributed by atoms with van der Waals surface area (Å²) in [6, 6.07) is 3.22. The number of hydrogen-bond acceptors (Lipinski definition) is 8. The van der Waals surface area contributed by atoms with Gasteiger partial charge in [0.15, 0.2) is 5.08 Å². The fourth-order valence-electron chi connectivity index (χ4n) is 1.97. The highest BCUT2D eigenvalue weighted by molar-refractivity contribution is 8.08. The lowest BCUT2D eigenvalue weighted by Gasteiger charge is -2.20. The Morgan fingerprint density at radius 2 is 1.70 bits per heavy atom. The van der Waals surface area contributed by atoms with E-state index in [1.54, 1.807) is 12.1 Å². The van der Waals surface area contributed by atoms with Crippen molar-refractivity contribution in [2.24, 2.45) is 0 Å². The van der Waals surface area contributed by atoms with Gasteiger partial charge in [-0.2, -0.15) is 12.8 Å². The summed E-state index contributed by atoms with van der Waals surface area (Å²) in [5.41, 5.74) is 1.69. The largest absolute Gasteiger partial charge is 0.691 e. The van der Waals surface area contributed by atoms with Gasteiger partial charge in [0.2, 0.25) is 0 Å². The van der Waals surface area contributed by atoms with Gasteiger partial charge in [-0.3, -0.25) is 9.83 Å². The highest BCUT2D eigenvalue weighted by Gasteiger charge is 2.23. The van der Waals surface area contributed by atoms with Crippen molar-refractivity contribution >= 4 is 28.4 Å². The maximum Gasteiger partial charge on any atom is 0.321 e. The Labute approximate surface area is 140 Å². The van der Waals surface area contributed by atoms with Crippen molar-refractivity contribution in [2.75, 3.05) is 5.08 Å². The second-order valence-corrected chi connectivity index (χ2v) is 8.07. The summed E-state index contributed by atoms with van der Waals surface area (Å²) < 4.78 is 33.2. The van der Waals surface area contributed by atoms with E-state index in [0.29, 0.717) is 35.0 Å². The van der Waals surface area contributed by atoms with Crippen LogP contribution in [0, 0.1) is 0 Å². The molecule has 1 aromatic carbocycles. The van der Waals surface area contributed by atoms with Crippen molar-refractivity contribution in [2.45, 2.75) is 39.5 Å². The quantitative estimate of drug-likeness (QED) is 0.164. The van der Waals surface area contributed by atoms with Crippen LogP contribution in [0.25, 0.3) is 0 Å². The van der Waals surface area contributed by atoms with E-state index in [1.807, 2.05) is 27.7 Å². The van der Waals surface area contributed by atoms with Gasteiger partial charge >= 0.3 is 10.1 Å². The summed E-state index contributed by atoms with van der Waals surface area (Å²) >= 11 is 0.312. The molecule has 0 bridgehead atoms. The number of carbonyl (C=O) groups is 1. The molecule has 0 amide bonds. The smallest absolute Gasteiger partial charge is 0.321 e. The molecule has 0 spiro atoms. The molecule has 0 aliphatic rings. The molecule has 0 aliphatic carbocycles. The Hall–Kier alpha value is -1.13. The molecule has 0 saturated carbocycles. The Balaban J connectivity index is 3.29. The first kappa shape index (κ1) is 19.9. The summed E-state index contributed by atoms with van der Waals surface area (Å²) in [5, 5.41) is 12.2. The average Bonchev–Trinajstić information content (AvgIpc) is 2.46. The number of benzene rings is 1. The molecule has 130 valence electrons. The molecule has 0 N–H and O–H groups in total. The molecule has 0 radical (unpaired) electrons. The van der Waals surface area contributed by atoms with Crippen LogP contribution in [0.4, 0.5) is 0 Å². The number of aldehydes is 1. The number of rotatable bonds is 9. The molecule has 1 rings (SSSR count). The minimum absolute atomic E-state index is 0.0496. The van der Waals surface area contributed by atoms with E-state index in [4.69, 9.17) is 4.18 Å². The normalized spacial score (nSPS) is 12.0. The summed E-state index contributed by atoms with van der Waals surface area (Å²) in [4.78, 5) is 11.1. The second kappa shape index (κ2) is 8.65. The molecule has 0 fully saturated rings. The van der Waals surface area contributed by atoms with Gasteiger partial charge in [-0.15, -0.1) is 0 Å². The Bertz CT molecular complexity index is 610. The van der Waals surface area contributed by atoms with Crippen LogP contribution in [-0.4, -0.2) is 19.8 Å². The molecule has 7 nitrogen and oxygen atoms in total. The van der Waals surface area contributed by atoms with Crippen molar-refractivity contribution in [3.63, 3.8) is 0 Å². The van der Waals surface area contributed by atoms with Crippen molar-refractivity contribution in [3.8, 4) is 5.75 Å². The predicted molar refractivity (Wildman–Crippen MR) is 84.2 cm³/mol. The van der Waals surface area contributed by atoms with Crippen molar-refractivity contribution in [1.82, 2.24) is 0 Å². The Kier molecular flexibility index (Phi) is 7.49. The minimum atomic E-state index is -4.01. The summed E-state index contributed by atoms with van der Waals surface area (Å²) in [6.07, 6.45) is 0.714. The minimum Gasteiger partial charge on any atom is -0.691 e. The van der Waals surface area contributed by atoms with E-state index in [1.165, 1.54) is 0 Å². The highest BCUT2D eigenvalue weighted by atomic mass is 32.3. The molecule has 23 heavy (non-hydrogen) atoms.